The Morgan fingerprint density at radius 2 is 1.86 bits per heavy atom. The van der Waals surface area contributed by atoms with Crippen LogP contribution in [0, 0.1) is 5.41 Å². The van der Waals surface area contributed by atoms with E-state index in [9.17, 15) is 24.6 Å². The molecular weight excluding hydrogens is 548 g/mol. The van der Waals surface area contributed by atoms with Crippen LogP contribution in [-0.4, -0.2) is 64.9 Å². The first-order valence-corrected chi connectivity index (χ1v) is 14.5. The van der Waals surface area contributed by atoms with Crippen molar-refractivity contribution in [1.82, 2.24) is 20.9 Å². The third-order valence-electron chi connectivity index (χ3n) is 8.05. The van der Waals surface area contributed by atoms with Crippen LogP contribution < -0.4 is 26.6 Å². The summed E-state index contributed by atoms with van der Waals surface area (Å²) in [6, 6.07) is 15.6. The van der Waals surface area contributed by atoms with Gasteiger partial charge in [-0.1, -0.05) is 62.4 Å². The van der Waals surface area contributed by atoms with Crippen molar-refractivity contribution in [1.29, 1.82) is 0 Å². The van der Waals surface area contributed by atoms with E-state index in [4.69, 9.17) is 5.73 Å². The number of anilines is 1. The summed E-state index contributed by atoms with van der Waals surface area (Å²) in [5.74, 6) is -0.713. The number of hydrogen-bond acceptors (Lipinski definition) is 6. The number of aromatic amines is 1. The van der Waals surface area contributed by atoms with Gasteiger partial charge in [0.15, 0.2) is 0 Å². The standard InChI is InChI=1S/C32H42N6O5/c1-32(2,16-23(40)19-39)28(33)29(41)37-26-13-12-25-27(14-15-35-25)38(30(26)42)18-20-8-10-21(11-9-20)24-7-5-4-6-22(24)17-36-31(43)34-3/h4-11,14-15,23,26,28,35,39-40H,12-13,16-19,33H2,1-3H3,(H,37,41)(H2,34,36,43)/t23-,26+,28?/m0/s1. The van der Waals surface area contributed by atoms with Crippen LogP contribution in [0.3, 0.4) is 0 Å². The molecular formula is C32H42N6O5. The zero-order valence-corrected chi connectivity index (χ0v) is 24.9. The number of carbonyl (C=O) groups is 3. The van der Waals surface area contributed by atoms with Crippen molar-refractivity contribution in [2.45, 2.75) is 64.4 Å². The Kier molecular flexibility index (Phi) is 10.2. The van der Waals surface area contributed by atoms with Crippen LogP contribution in [0.5, 0.6) is 0 Å². The summed E-state index contributed by atoms with van der Waals surface area (Å²) in [7, 11) is 1.57. The second-order valence-corrected chi connectivity index (χ2v) is 11.7. The maximum absolute atomic E-state index is 13.9. The van der Waals surface area contributed by atoms with Gasteiger partial charge in [0.1, 0.15) is 6.04 Å². The summed E-state index contributed by atoms with van der Waals surface area (Å²) in [5, 5.41) is 27.4. The zero-order valence-electron chi connectivity index (χ0n) is 24.9. The van der Waals surface area contributed by atoms with E-state index >= 15 is 0 Å². The molecule has 2 heterocycles. The largest absolute Gasteiger partial charge is 0.394 e. The van der Waals surface area contributed by atoms with Crippen LogP contribution in [0.4, 0.5) is 10.5 Å². The molecule has 4 rings (SSSR count). The van der Waals surface area contributed by atoms with Crippen molar-refractivity contribution in [3.8, 4) is 11.1 Å². The molecule has 8 N–H and O–H groups in total. The van der Waals surface area contributed by atoms with E-state index in [1.807, 2.05) is 60.8 Å². The minimum absolute atomic E-state index is 0.137. The van der Waals surface area contributed by atoms with Gasteiger partial charge >= 0.3 is 6.03 Å². The maximum Gasteiger partial charge on any atom is 0.314 e. The molecule has 3 aromatic rings. The maximum atomic E-state index is 13.9. The average Bonchev–Trinajstić information content (AvgIpc) is 3.44. The molecule has 0 bridgehead atoms. The minimum atomic E-state index is -0.993. The fourth-order valence-corrected chi connectivity index (χ4v) is 5.47. The third-order valence-corrected chi connectivity index (χ3v) is 8.05. The highest BCUT2D eigenvalue weighted by molar-refractivity contribution is 6.00. The monoisotopic (exact) mass is 590 g/mol. The predicted molar refractivity (Wildman–Crippen MR) is 165 cm³/mol. The lowest BCUT2D eigenvalue weighted by molar-refractivity contribution is -0.130. The summed E-state index contributed by atoms with van der Waals surface area (Å²) < 4.78 is 0. The highest BCUT2D eigenvalue weighted by Gasteiger charge is 2.37. The smallest absolute Gasteiger partial charge is 0.314 e. The fourth-order valence-electron chi connectivity index (χ4n) is 5.47. The van der Waals surface area contributed by atoms with Gasteiger partial charge in [0.25, 0.3) is 0 Å². The lowest BCUT2D eigenvalue weighted by Gasteiger charge is -2.33. The van der Waals surface area contributed by atoms with Crippen LogP contribution in [0.1, 0.15) is 43.5 Å². The number of aliphatic hydroxyl groups is 2. The third kappa shape index (κ3) is 7.61. The predicted octanol–water partition coefficient (Wildman–Crippen LogP) is 2.17. The first kappa shape index (κ1) is 31.7. The molecule has 0 fully saturated rings. The van der Waals surface area contributed by atoms with E-state index < -0.39 is 36.1 Å². The number of nitrogens with two attached hydrogens (primary N) is 1. The molecule has 230 valence electrons. The number of amides is 4. The molecule has 0 saturated carbocycles. The molecule has 43 heavy (non-hydrogen) atoms. The van der Waals surface area contributed by atoms with Crippen molar-refractivity contribution < 1.29 is 24.6 Å². The second-order valence-electron chi connectivity index (χ2n) is 11.7. The Morgan fingerprint density at radius 3 is 2.56 bits per heavy atom. The molecule has 1 aromatic heterocycles. The van der Waals surface area contributed by atoms with Crippen LogP contribution in [0.15, 0.2) is 60.8 Å². The quantitative estimate of drug-likeness (QED) is 0.180. The number of rotatable bonds is 11. The Morgan fingerprint density at radius 1 is 1.14 bits per heavy atom. The summed E-state index contributed by atoms with van der Waals surface area (Å²) in [4.78, 5) is 43.7. The first-order valence-electron chi connectivity index (χ1n) is 14.5. The number of fused-ring (bicyclic) bond motifs is 1. The van der Waals surface area contributed by atoms with Gasteiger partial charge in [0, 0.05) is 25.5 Å². The van der Waals surface area contributed by atoms with E-state index in [-0.39, 0.29) is 18.4 Å². The number of aliphatic hydroxyl groups excluding tert-OH is 2. The summed E-state index contributed by atoms with van der Waals surface area (Å²) >= 11 is 0. The van der Waals surface area contributed by atoms with E-state index in [1.165, 1.54) is 0 Å². The fraction of sp³-hybridized carbons (Fsp3) is 0.406. The number of nitrogens with one attached hydrogen (secondary N) is 4. The van der Waals surface area contributed by atoms with Gasteiger partial charge in [-0.05, 0) is 53.0 Å². The lowest BCUT2D eigenvalue weighted by Crippen LogP contribution is -2.56. The molecule has 1 aliphatic heterocycles. The molecule has 0 saturated heterocycles. The molecule has 1 unspecified atom stereocenters. The molecule has 2 aromatic carbocycles. The normalized spacial score (nSPS) is 16.6. The SMILES string of the molecule is CNC(=O)NCc1ccccc1-c1ccc(CN2C(=O)[C@H](NC(=O)C(N)C(C)(C)C[C@H](O)CO)CCc3[nH]ccc32)cc1. The van der Waals surface area contributed by atoms with Crippen molar-refractivity contribution in [2.24, 2.45) is 11.1 Å². The summed E-state index contributed by atoms with van der Waals surface area (Å²) in [5.41, 5.74) is 11.0. The van der Waals surface area contributed by atoms with Crippen LogP contribution >= 0.6 is 0 Å². The van der Waals surface area contributed by atoms with E-state index in [0.717, 1.165) is 33.6 Å². The molecule has 11 nitrogen and oxygen atoms in total. The van der Waals surface area contributed by atoms with Crippen molar-refractivity contribution in [3.63, 3.8) is 0 Å². The number of urea groups is 1. The number of aryl methyl sites for hydroxylation is 1. The molecule has 0 radical (unpaired) electrons. The van der Waals surface area contributed by atoms with Crippen LogP contribution in [-0.2, 0) is 29.1 Å². The summed E-state index contributed by atoms with van der Waals surface area (Å²) in [6.45, 7) is 3.77. The van der Waals surface area contributed by atoms with E-state index in [1.54, 1.807) is 25.8 Å². The number of aromatic nitrogens is 1. The average molecular weight is 591 g/mol. The van der Waals surface area contributed by atoms with Gasteiger partial charge in [-0.25, -0.2) is 4.79 Å². The van der Waals surface area contributed by atoms with E-state index in [2.05, 4.69) is 20.9 Å². The van der Waals surface area contributed by atoms with Gasteiger partial charge in [-0.2, -0.15) is 0 Å². The van der Waals surface area contributed by atoms with Gasteiger partial charge in [-0.15, -0.1) is 0 Å². The van der Waals surface area contributed by atoms with Gasteiger partial charge in [0.2, 0.25) is 11.8 Å². The molecule has 4 amide bonds. The highest BCUT2D eigenvalue weighted by Crippen LogP contribution is 2.30. The number of carbonyl (C=O) groups excluding carboxylic acids is 3. The minimum Gasteiger partial charge on any atom is -0.394 e. The Balaban J connectivity index is 1.51. The Hall–Kier alpha value is -4.19. The van der Waals surface area contributed by atoms with Crippen LogP contribution in [0.2, 0.25) is 0 Å². The molecule has 1 aliphatic rings. The first-order chi connectivity index (χ1) is 20.5. The summed E-state index contributed by atoms with van der Waals surface area (Å²) in [6.07, 6.45) is 1.92. The van der Waals surface area contributed by atoms with Gasteiger partial charge < -0.3 is 41.8 Å². The number of H-pyrrole nitrogens is 1. The second kappa shape index (κ2) is 13.9. The Labute approximate surface area is 251 Å². The molecule has 3 atom stereocenters. The van der Waals surface area contributed by atoms with Crippen molar-refractivity contribution in [3.05, 3.63) is 77.6 Å². The molecule has 11 heteroatoms. The Bertz CT molecular complexity index is 1420. The highest BCUT2D eigenvalue weighted by atomic mass is 16.3. The molecule has 0 spiro atoms. The van der Waals surface area contributed by atoms with Gasteiger partial charge in [0.05, 0.1) is 31.0 Å². The number of hydrogen-bond donors (Lipinski definition) is 7. The number of benzene rings is 2. The van der Waals surface area contributed by atoms with Crippen molar-refractivity contribution >= 4 is 23.5 Å². The number of nitrogens with zero attached hydrogens (tertiary/aromatic N) is 1. The van der Waals surface area contributed by atoms with Crippen molar-refractivity contribution in [2.75, 3.05) is 18.6 Å². The topological polar surface area (TPSA) is 173 Å². The van der Waals surface area contributed by atoms with E-state index in [0.29, 0.717) is 25.9 Å². The lowest BCUT2D eigenvalue weighted by atomic mass is 9.79. The molecule has 0 aliphatic carbocycles. The van der Waals surface area contributed by atoms with Gasteiger partial charge in [-0.3, -0.25) is 9.59 Å². The van der Waals surface area contributed by atoms with Crippen LogP contribution in [0.25, 0.3) is 11.1 Å². The zero-order chi connectivity index (χ0) is 31.1.